The van der Waals surface area contributed by atoms with Gasteiger partial charge in [0.2, 0.25) is 6.23 Å². The van der Waals surface area contributed by atoms with E-state index in [-0.39, 0.29) is 12.2 Å². The van der Waals surface area contributed by atoms with Gasteiger partial charge < -0.3 is 19.5 Å². The second-order valence-electron chi connectivity index (χ2n) is 7.83. The first kappa shape index (κ1) is 27.0. The molecule has 192 valence electrons. The molecule has 2 heterocycles. The van der Waals surface area contributed by atoms with Crippen LogP contribution >= 0.6 is 11.3 Å². The minimum Gasteiger partial charge on any atom is -0.469 e. The maximum Gasteiger partial charge on any atom is 0.341 e. The lowest BCUT2D eigenvalue weighted by molar-refractivity contribution is 0.0159. The lowest BCUT2D eigenvalue weighted by Gasteiger charge is -2.32. The highest BCUT2D eigenvalue weighted by Crippen LogP contribution is 2.39. The fourth-order valence-electron chi connectivity index (χ4n) is 3.47. The number of anilines is 2. The van der Waals surface area contributed by atoms with Crippen LogP contribution in [-0.4, -0.2) is 44.4 Å². The molecular formula is C26H30N2O7S. The van der Waals surface area contributed by atoms with E-state index in [2.05, 4.69) is 5.32 Å². The smallest absolute Gasteiger partial charge is 0.341 e. The summed E-state index contributed by atoms with van der Waals surface area (Å²) in [6, 6.07) is 6.36. The minimum atomic E-state index is -0.638. The van der Waals surface area contributed by atoms with Gasteiger partial charge in [-0.1, -0.05) is 6.08 Å². The van der Waals surface area contributed by atoms with Crippen molar-refractivity contribution in [2.45, 2.75) is 40.8 Å². The molecule has 10 heteroatoms. The van der Waals surface area contributed by atoms with E-state index in [0.717, 1.165) is 22.7 Å². The van der Waals surface area contributed by atoms with Gasteiger partial charge in [-0.15, -0.1) is 11.3 Å². The fraction of sp³-hybridized carbons (Fsp3) is 0.346. The van der Waals surface area contributed by atoms with Gasteiger partial charge in [0.25, 0.3) is 5.91 Å². The first-order chi connectivity index (χ1) is 17.2. The van der Waals surface area contributed by atoms with Crippen molar-refractivity contribution in [1.29, 1.82) is 0 Å². The topological polar surface area (TPSA) is 103 Å². The first-order valence-electron chi connectivity index (χ1n) is 11.5. The van der Waals surface area contributed by atoms with Gasteiger partial charge in [-0.2, -0.15) is 5.06 Å². The molecule has 0 radical (unpaired) electrons. The number of rotatable bonds is 9. The highest BCUT2D eigenvalue weighted by molar-refractivity contribution is 7.18. The summed E-state index contributed by atoms with van der Waals surface area (Å²) >= 11 is 1.10. The van der Waals surface area contributed by atoms with Crippen molar-refractivity contribution in [3.8, 4) is 0 Å². The Morgan fingerprint density at radius 2 is 1.75 bits per heavy atom. The summed E-state index contributed by atoms with van der Waals surface area (Å²) in [5, 5.41) is 4.70. The van der Waals surface area contributed by atoms with E-state index in [1.165, 1.54) is 12.2 Å². The summed E-state index contributed by atoms with van der Waals surface area (Å²) in [7, 11) is 1.28. The number of carbonyl (C=O) groups is 3. The van der Waals surface area contributed by atoms with E-state index in [1.54, 1.807) is 38.1 Å². The largest absolute Gasteiger partial charge is 0.469 e. The van der Waals surface area contributed by atoms with Gasteiger partial charge in [0, 0.05) is 5.69 Å². The number of methoxy groups -OCH3 is 1. The zero-order valence-electron chi connectivity index (χ0n) is 21.2. The molecule has 1 N–H and O–H groups in total. The van der Waals surface area contributed by atoms with Gasteiger partial charge in [-0.25, -0.2) is 9.59 Å². The van der Waals surface area contributed by atoms with Crippen molar-refractivity contribution in [3.63, 3.8) is 0 Å². The number of benzene rings is 1. The molecule has 0 spiro atoms. The molecule has 1 aliphatic heterocycles. The Morgan fingerprint density at radius 3 is 2.33 bits per heavy atom. The molecule has 1 aliphatic rings. The maximum absolute atomic E-state index is 13.2. The van der Waals surface area contributed by atoms with Gasteiger partial charge >= 0.3 is 11.9 Å². The number of carbonyl (C=O) groups excluding carboxylic acids is 3. The van der Waals surface area contributed by atoms with Crippen LogP contribution in [0, 0.1) is 6.92 Å². The maximum atomic E-state index is 13.2. The summed E-state index contributed by atoms with van der Waals surface area (Å²) in [5.74, 6) is -0.720. The van der Waals surface area contributed by atoms with Crippen molar-refractivity contribution in [2.24, 2.45) is 0 Å². The number of esters is 2. The Labute approximate surface area is 214 Å². The molecule has 9 nitrogen and oxygen atoms in total. The van der Waals surface area contributed by atoms with Crippen LogP contribution in [0.4, 0.5) is 10.7 Å². The van der Waals surface area contributed by atoms with E-state index >= 15 is 0 Å². The summed E-state index contributed by atoms with van der Waals surface area (Å²) < 4.78 is 16.0. The van der Waals surface area contributed by atoms with E-state index in [1.807, 2.05) is 32.9 Å². The van der Waals surface area contributed by atoms with Gasteiger partial charge in [0.05, 0.1) is 36.5 Å². The Hall–Kier alpha value is -3.63. The van der Waals surface area contributed by atoms with Gasteiger partial charge in [-0.05, 0) is 76.1 Å². The molecule has 0 aliphatic carbocycles. The van der Waals surface area contributed by atoms with Crippen LogP contribution in [0.15, 0.2) is 47.7 Å². The summed E-state index contributed by atoms with van der Waals surface area (Å²) in [4.78, 5) is 44.1. The molecule has 1 aromatic heterocycles. The molecule has 2 aromatic rings. The summed E-state index contributed by atoms with van der Waals surface area (Å²) in [6.45, 7) is 9.60. The third-order valence-electron chi connectivity index (χ3n) is 5.44. The van der Waals surface area contributed by atoms with Crippen LogP contribution in [-0.2, 0) is 19.0 Å². The zero-order valence-corrected chi connectivity index (χ0v) is 22.0. The number of nitrogens with one attached hydrogen (secondary N) is 1. The van der Waals surface area contributed by atoms with Crippen LogP contribution in [0.2, 0.25) is 0 Å². The number of nitrogens with zero attached hydrogens (tertiary/aromatic N) is 1. The minimum absolute atomic E-state index is 0.222. The predicted octanol–water partition coefficient (Wildman–Crippen LogP) is 5.24. The number of hydrogen-bond acceptors (Lipinski definition) is 9. The number of thiophene rings is 1. The van der Waals surface area contributed by atoms with Gasteiger partial charge in [0.1, 0.15) is 10.6 Å². The molecule has 0 fully saturated rings. The molecule has 3 rings (SSSR count). The SMILES string of the molecule is CCOC(=O)c1ccc(NC(=O)c2sc(N(OCC)C3C=CC(C)=C(C)O3)c(C(=O)OC)c2C)cc1. The van der Waals surface area contributed by atoms with Crippen molar-refractivity contribution in [1.82, 2.24) is 0 Å². The molecule has 0 saturated heterocycles. The molecule has 1 aromatic carbocycles. The van der Waals surface area contributed by atoms with Crippen LogP contribution < -0.4 is 10.4 Å². The quantitative estimate of drug-likeness (QED) is 0.358. The highest BCUT2D eigenvalue weighted by Gasteiger charge is 2.33. The van der Waals surface area contributed by atoms with E-state index in [9.17, 15) is 14.4 Å². The van der Waals surface area contributed by atoms with Gasteiger partial charge in [0.15, 0.2) is 0 Å². The van der Waals surface area contributed by atoms with E-state index in [0.29, 0.717) is 33.3 Å². The molecule has 1 amide bonds. The molecule has 36 heavy (non-hydrogen) atoms. The standard InChI is InChI=1S/C26H30N2O7S/c1-7-33-25(30)18-10-12-19(13-11-18)27-23(29)22-16(4)21(26(31)32-6)24(36-22)28(34-8-2)20-14-9-15(3)17(5)35-20/h9-14,20H,7-8H2,1-6H3,(H,27,29). The highest BCUT2D eigenvalue weighted by atomic mass is 32.1. The lowest BCUT2D eigenvalue weighted by atomic mass is 10.1. The number of allylic oxidation sites excluding steroid dienone is 3. The fourth-order valence-corrected chi connectivity index (χ4v) is 4.65. The van der Waals surface area contributed by atoms with Gasteiger partial charge in [-0.3, -0.25) is 9.63 Å². The van der Waals surface area contributed by atoms with Crippen molar-refractivity contribution < 1.29 is 33.4 Å². The van der Waals surface area contributed by atoms with Crippen LogP contribution in [0.3, 0.4) is 0 Å². The molecule has 0 saturated carbocycles. The van der Waals surface area contributed by atoms with Crippen molar-refractivity contribution in [2.75, 3.05) is 30.7 Å². The van der Waals surface area contributed by atoms with Crippen LogP contribution in [0.5, 0.6) is 0 Å². The molecule has 1 atom stereocenters. The first-order valence-corrected chi connectivity index (χ1v) is 12.3. The van der Waals surface area contributed by atoms with E-state index < -0.39 is 24.1 Å². The summed E-state index contributed by atoms with van der Waals surface area (Å²) in [6.07, 6.45) is 3.10. The van der Waals surface area contributed by atoms with Crippen molar-refractivity contribution in [3.05, 3.63) is 69.3 Å². The van der Waals surface area contributed by atoms with Crippen LogP contribution in [0.25, 0.3) is 0 Å². The number of amides is 1. The third-order valence-corrected chi connectivity index (χ3v) is 6.71. The average Bonchev–Trinajstić information content (AvgIpc) is 3.21. The second kappa shape index (κ2) is 11.9. The summed E-state index contributed by atoms with van der Waals surface area (Å²) in [5.41, 5.74) is 2.52. The Balaban J connectivity index is 1.94. The van der Waals surface area contributed by atoms with Crippen LogP contribution in [0.1, 0.15) is 63.6 Å². The number of ether oxygens (including phenoxy) is 3. The number of hydrogen-bond donors (Lipinski definition) is 1. The molecule has 0 bridgehead atoms. The average molecular weight is 515 g/mol. The monoisotopic (exact) mass is 514 g/mol. The normalized spacial score (nSPS) is 14.8. The third kappa shape index (κ3) is 5.77. The predicted molar refractivity (Wildman–Crippen MR) is 137 cm³/mol. The lowest BCUT2D eigenvalue weighted by Crippen LogP contribution is -2.37. The van der Waals surface area contributed by atoms with Crippen molar-refractivity contribution >= 4 is 39.9 Å². The Kier molecular flexibility index (Phi) is 8.89. The number of hydroxylamine groups is 1. The van der Waals surface area contributed by atoms with E-state index in [4.69, 9.17) is 19.0 Å². The Morgan fingerprint density at radius 1 is 1.06 bits per heavy atom. The second-order valence-corrected chi connectivity index (χ2v) is 8.83. The molecular weight excluding hydrogens is 484 g/mol. The Bertz CT molecular complexity index is 1200. The zero-order chi connectivity index (χ0) is 26.4. The molecule has 1 unspecified atom stereocenters.